The molecule has 1 aliphatic heterocycles. The normalized spacial score (nSPS) is 39.8. The van der Waals surface area contributed by atoms with Gasteiger partial charge in [-0.25, -0.2) is 0 Å². The Kier molecular flexibility index (Phi) is 3.61. The molecule has 2 fully saturated rings. The zero-order valence-electron chi connectivity index (χ0n) is 10.9. The second-order valence-corrected chi connectivity index (χ2v) is 5.69. The van der Waals surface area contributed by atoms with Crippen LogP contribution in [0.5, 0.6) is 0 Å². The summed E-state index contributed by atoms with van der Waals surface area (Å²) in [5.74, 6) is -0.982. The number of ether oxygens (including phenoxy) is 1. The van der Waals surface area contributed by atoms with E-state index in [1.165, 1.54) is 0 Å². The lowest BCUT2D eigenvalue weighted by atomic mass is 9.85. The highest BCUT2D eigenvalue weighted by atomic mass is 16.5. The summed E-state index contributed by atoms with van der Waals surface area (Å²) in [6.07, 6.45) is 3.53. The fourth-order valence-electron chi connectivity index (χ4n) is 2.91. The Bertz CT molecular complexity index is 357. The van der Waals surface area contributed by atoms with Gasteiger partial charge in [0.2, 0.25) is 5.91 Å². The summed E-state index contributed by atoms with van der Waals surface area (Å²) in [5, 5.41) is 12.1. The van der Waals surface area contributed by atoms with E-state index in [1.807, 2.05) is 6.92 Å². The number of amides is 1. The van der Waals surface area contributed by atoms with Gasteiger partial charge in [0.15, 0.2) is 0 Å². The SMILES string of the molecule is CC1CCC(C(=O)NC2CCCC2(C)C(=O)O)O1. The Morgan fingerprint density at radius 3 is 2.61 bits per heavy atom. The van der Waals surface area contributed by atoms with Crippen molar-refractivity contribution in [1.29, 1.82) is 0 Å². The summed E-state index contributed by atoms with van der Waals surface area (Å²) in [6.45, 7) is 3.66. The summed E-state index contributed by atoms with van der Waals surface area (Å²) >= 11 is 0. The molecular formula is C13H21NO4. The van der Waals surface area contributed by atoms with Gasteiger partial charge in [-0.1, -0.05) is 6.42 Å². The molecule has 0 bridgehead atoms. The molecule has 2 N–H and O–H groups in total. The molecule has 1 amide bonds. The van der Waals surface area contributed by atoms with Crippen LogP contribution in [0, 0.1) is 5.41 Å². The molecule has 102 valence electrons. The lowest BCUT2D eigenvalue weighted by Crippen LogP contribution is -2.49. The van der Waals surface area contributed by atoms with Crippen molar-refractivity contribution in [3.05, 3.63) is 0 Å². The van der Waals surface area contributed by atoms with E-state index in [1.54, 1.807) is 6.92 Å². The van der Waals surface area contributed by atoms with E-state index in [9.17, 15) is 14.7 Å². The third-order valence-electron chi connectivity index (χ3n) is 4.29. The van der Waals surface area contributed by atoms with Gasteiger partial charge < -0.3 is 15.2 Å². The van der Waals surface area contributed by atoms with E-state index in [0.29, 0.717) is 6.42 Å². The minimum absolute atomic E-state index is 0.121. The van der Waals surface area contributed by atoms with Crippen molar-refractivity contribution in [3.8, 4) is 0 Å². The zero-order valence-corrected chi connectivity index (χ0v) is 10.9. The van der Waals surface area contributed by atoms with Crippen molar-refractivity contribution in [2.45, 2.75) is 64.2 Å². The van der Waals surface area contributed by atoms with Crippen molar-refractivity contribution < 1.29 is 19.4 Å². The Labute approximate surface area is 107 Å². The van der Waals surface area contributed by atoms with Gasteiger partial charge in [0.1, 0.15) is 6.10 Å². The molecule has 1 saturated heterocycles. The van der Waals surface area contributed by atoms with E-state index in [0.717, 1.165) is 25.7 Å². The van der Waals surface area contributed by atoms with Crippen molar-refractivity contribution >= 4 is 11.9 Å². The van der Waals surface area contributed by atoms with Crippen LogP contribution >= 0.6 is 0 Å². The van der Waals surface area contributed by atoms with Crippen LogP contribution in [0.25, 0.3) is 0 Å². The molecule has 0 radical (unpaired) electrons. The van der Waals surface area contributed by atoms with Crippen LogP contribution in [0.3, 0.4) is 0 Å². The molecule has 0 aromatic carbocycles. The Hall–Kier alpha value is -1.10. The van der Waals surface area contributed by atoms with Crippen LogP contribution in [0.1, 0.15) is 46.0 Å². The average molecular weight is 255 g/mol. The van der Waals surface area contributed by atoms with Gasteiger partial charge in [-0.15, -0.1) is 0 Å². The summed E-state index contributed by atoms with van der Waals surface area (Å²) in [7, 11) is 0. The first-order valence-electron chi connectivity index (χ1n) is 6.62. The zero-order chi connectivity index (χ0) is 13.3. The molecule has 2 aliphatic rings. The maximum Gasteiger partial charge on any atom is 0.311 e. The van der Waals surface area contributed by atoms with Gasteiger partial charge in [-0.2, -0.15) is 0 Å². The van der Waals surface area contributed by atoms with Crippen LogP contribution in [0.2, 0.25) is 0 Å². The van der Waals surface area contributed by atoms with Gasteiger partial charge >= 0.3 is 5.97 Å². The van der Waals surface area contributed by atoms with Crippen LogP contribution in [-0.2, 0) is 14.3 Å². The largest absolute Gasteiger partial charge is 0.481 e. The van der Waals surface area contributed by atoms with Gasteiger partial charge in [-0.05, 0) is 39.5 Å². The second-order valence-electron chi connectivity index (χ2n) is 5.69. The standard InChI is InChI=1S/C13H21NO4/c1-8-5-6-9(18-8)11(15)14-10-4-3-7-13(10,2)12(16)17/h8-10H,3-7H2,1-2H3,(H,14,15)(H,16,17). The molecule has 4 atom stereocenters. The number of hydrogen-bond donors (Lipinski definition) is 2. The predicted octanol–water partition coefficient (Wildman–Crippen LogP) is 1.31. The van der Waals surface area contributed by atoms with E-state index in [4.69, 9.17) is 4.74 Å². The first-order valence-corrected chi connectivity index (χ1v) is 6.62. The number of nitrogens with one attached hydrogen (secondary N) is 1. The van der Waals surface area contributed by atoms with Crippen molar-refractivity contribution in [1.82, 2.24) is 5.32 Å². The number of aliphatic carboxylic acids is 1. The number of carboxylic acids is 1. The van der Waals surface area contributed by atoms with E-state index >= 15 is 0 Å². The van der Waals surface area contributed by atoms with Gasteiger partial charge in [-0.3, -0.25) is 9.59 Å². The number of carboxylic acid groups (broad SMARTS) is 1. The second kappa shape index (κ2) is 4.88. The van der Waals surface area contributed by atoms with Crippen molar-refractivity contribution in [2.24, 2.45) is 5.41 Å². The highest BCUT2D eigenvalue weighted by Gasteiger charge is 2.46. The molecule has 0 spiro atoms. The third-order valence-corrected chi connectivity index (χ3v) is 4.29. The molecule has 4 unspecified atom stereocenters. The van der Waals surface area contributed by atoms with Crippen LogP contribution in [-0.4, -0.2) is 35.2 Å². The van der Waals surface area contributed by atoms with E-state index in [-0.39, 0.29) is 18.1 Å². The highest BCUT2D eigenvalue weighted by molar-refractivity contribution is 5.83. The molecular weight excluding hydrogens is 234 g/mol. The van der Waals surface area contributed by atoms with Crippen LogP contribution in [0.15, 0.2) is 0 Å². The van der Waals surface area contributed by atoms with Gasteiger partial charge in [0, 0.05) is 6.04 Å². The highest BCUT2D eigenvalue weighted by Crippen LogP contribution is 2.38. The lowest BCUT2D eigenvalue weighted by Gasteiger charge is -2.28. The quantitative estimate of drug-likeness (QED) is 0.797. The van der Waals surface area contributed by atoms with Crippen LogP contribution < -0.4 is 5.32 Å². The van der Waals surface area contributed by atoms with E-state index < -0.39 is 17.5 Å². The summed E-state index contributed by atoms with van der Waals surface area (Å²) in [5.41, 5.74) is -0.833. The fraction of sp³-hybridized carbons (Fsp3) is 0.846. The predicted molar refractivity (Wildman–Crippen MR) is 65.1 cm³/mol. The summed E-state index contributed by atoms with van der Waals surface area (Å²) in [4.78, 5) is 23.3. The molecule has 1 saturated carbocycles. The minimum Gasteiger partial charge on any atom is -0.481 e. The first kappa shape index (κ1) is 13.3. The third kappa shape index (κ3) is 2.36. The summed E-state index contributed by atoms with van der Waals surface area (Å²) in [6, 6.07) is -0.276. The fourth-order valence-corrected chi connectivity index (χ4v) is 2.91. The Morgan fingerprint density at radius 1 is 1.33 bits per heavy atom. The molecule has 5 heteroatoms. The topological polar surface area (TPSA) is 75.6 Å². The molecule has 0 aromatic heterocycles. The van der Waals surface area contributed by atoms with E-state index in [2.05, 4.69) is 5.32 Å². The molecule has 18 heavy (non-hydrogen) atoms. The van der Waals surface area contributed by atoms with Crippen molar-refractivity contribution in [3.63, 3.8) is 0 Å². The number of carbonyl (C=O) groups is 2. The monoisotopic (exact) mass is 255 g/mol. The maximum absolute atomic E-state index is 12.0. The smallest absolute Gasteiger partial charge is 0.311 e. The van der Waals surface area contributed by atoms with Gasteiger partial charge in [0.05, 0.1) is 11.5 Å². The number of carbonyl (C=O) groups excluding carboxylic acids is 1. The summed E-state index contributed by atoms with van der Waals surface area (Å²) < 4.78 is 5.50. The maximum atomic E-state index is 12.0. The molecule has 1 aliphatic carbocycles. The Balaban J connectivity index is 1.96. The molecule has 5 nitrogen and oxygen atoms in total. The molecule has 0 aromatic rings. The molecule has 2 rings (SSSR count). The average Bonchev–Trinajstić information content (AvgIpc) is 2.87. The van der Waals surface area contributed by atoms with Crippen LogP contribution in [0.4, 0.5) is 0 Å². The Morgan fingerprint density at radius 2 is 2.06 bits per heavy atom. The minimum atomic E-state index is -0.833. The number of rotatable bonds is 3. The van der Waals surface area contributed by atoms with Gasteiger partial charge in [0.25, 0.3) is 0 Å². The lowest BCUT2D eigenvalue weighted by molar-refractivity contribution is -0.149. The van der Waals surface area contributed by atoms with Crippen molar-refractivity contribution in [2.75, 3.05) is 0 Å². The molecule has 1 heterocycles. The first-order chi connectivity index (χ1) is 8.43. The number of hydrogen-bond acceptors (Lipinski definition) is 3.